The van der Waals surface area contributed by atoms with E-state index in [0.717, 1.165) is 0 Å². The van der Waals surface area contributed by atoms with Gasteiger partial charge in [-0.05, 0) is 17.5 Å². The third-order valence-corrected chi connectivity index (χ3v) is 4.86. The van der Waals surface area contributed by atoms with Crippen LogP contribution in [0.2, 0.25) is 0 Å². The molecule has 2 aromatic heterocycles. The fraction of sp³-hybridized carbons (Fsp3) is 0.421. The Morgan fingerprint density at radius 2 is 2.00 bits per heavy atom. The Morgan fingerprint density at radius 1 is 1.24 bits per heavy atom. The van der Waals surface area contributed by atoms with E-state index in [-0.39, 0.29) is 23.0 Å². The van der Waals surface area contributed by atoms with E-state index in [1.54, 1.807) is 24.4 Å². The Kier molecular flexibility index (Phi) is 5.53. The summed E-state index contributed by atoms with van der Waals surface area (Å²) < 4.78 is 0. The molecule has 1 aliphatic heterocycles. The van der Waals surface area contributed by atoms with Crippen molar-refractivity contribution in [1.82, 2.24) is 19.9 Å². The Balaban J connectivity index is 1.83. The van der Waals surface area contributed by atoms with E-state index in [1.807, 2.05) is 25.7 Å². The molecule has 0 spiro atoms. The number of pyridine rings is 1. The normalized spacial score (nSPS) is 17.1. The van der Waals surface area contributed by atoms with Crippen LogP contribution in [-0.2, 0) is 0 Å². The minimum absolute atomic E-state index is 0.00104. The molecular weight excluding hydrogens is 374 g/mol. The first-order valence-corrected chi connectivity index (χ1v) is 9.26. The number of anilines is 3. The summed E-state index contributed by atoms with van der Waals surface area (Å²) in [7, 11) is 0. The number of amides is 2. The summed E-state index contributed by atoms with van der Waals surface area (Å²) in [4.78, 5) is 40.2. The number of aromatic nitrogens is 3. The Bertz CT molecular complexity index is 898. The molecule has 10 nitrogen and oxygen atoms in total. The van der Waals surface area contributed by atoms with Crippen LogP contribution in [0.25, 0.3) is 0 Å². The minimum Gasteiger partial charge on any atom is -0.465 e. The van der Waals surface area contributed by atoms with E-state index in [1.165, 1.54) is 11.1 Å². The van der Waals surface area contributed by atoms with Gasteiger partial charge >= 0.3 is 6.09 Å². The van der Waals surface area contributed by atoms with E-state index in [9.17, 15) is 14.7 Å². The van der Waals surface area contributed by atoms with Crippen molar-refractivity contribution in [2.45, 2.75) is 26.8 Å². The molecule has 154 valence electrons. The highest BCUT2D eigenvalue weighted by Crippen LogP contribution is 2.29. The maximum atomic E-state index is 12.6. The van der Waals surface area contributed by atoms with Crippen molar-refractivity contribution < 1.29 is 14.7 Å². The molecular formula is C19H25N7O3. The average molecular weight is 399 g/mol. The van der Waals surface area contributed by atoms with Crippen molar-refractivity contribution in [2.24, 2.45) is 5.41 Å². The van der Waals surface area contributed by atoms with Gasteiger partial charge in [-0.25, -0.2) is 19.7 Å². The zero-order valence-corrected chi connectivity index (χ0v) is 16.7. The molecule has 0 saturated carbocycles. The smallest absolute Gasteiger partial charge is 0.407 e. The number of piperazine rings is 1. The SMILES string of the molecule is CC(C)(C)C1CN(c2cnc(N)c(C(=O)Nc3ccccn3)n2)CCN1C(=O)O. The highest BCUT2D eigenvalue weighted by Gasteiger charge is 2.38. The van der Waals surface area contributed by atoms with Gasteiger partial charge in [-0.2, -0.15) is 0 Å². The Labute approximate surface area is 168 Å². The molecule has 0 bridgehead atoms. The summed E-state index contributed by atoms with van der Waals surface area (Å²) in [5.74, 6) is 0.363. The van der Waals surface area contributed by atoms with Gasteiger partial charge in [0.05, 0.1) is 12.2 Å². The Morgan fingerprint density at radius 3 is 2.62 bits per heavy atom. The molecule has 3 heterocycles. The van der Waals surface area contributed by atoms with Crippen molar-refractivity contribution in [2.75, 3.05) is 35.6 Å². The maximum absolute atomic E-state index is 12.6. The number of nitrogens with zero attached hydrogens (tertiary/aromatic N) is 5. The van der Waals surface area contributed by atoms with Crippen molar-refractivity contribution in [3.8, 4) is 0 Å². The summed E-state index contributed by atoms with van der Waals surface area (Å²) in [6.45, 7) is 7.21. The number of carbonyl (C=O) groups is 2. The molecule has 29 heavy (non-hydrogen) atoms. The van der Waals surface area contributed by atoms with Crippen LogP contribution in [0.3, 0.4) is 0 Å². The molecule has 10 heteroatoms. The number of nitrogens with two attached hydrogens (primary N) is 1. The molecule has 2 amide bonds. The molecule has 1 saturated heterocycles. The van der Waals surface area contributed by atoms with Gasteiger partial charge in [0, 0.05) is 25.8 Å². The number of carbonyl (C=O) groups excluding carboxylic acids is 1. The van der Waals surface area contributed by atoms with E-state index in [2.05, 4.69) is 20.3 Å². The quantitative estimate of drug-likeness (QED) is 0.712. The largest absolute Gasteiger partial charge is 0.465 e. The summed E-state index contributed by atoms with van der Waals surface area (Å²) in [6.07, 6.45) is 2.13. The van der Waals surface area contributed by atoms with Crippen LogP contribution >= 0.6 is 0 Å². The second-order valence-electron chi connectivity index (χ2n) is 7.93. The molecule has 1 aliphatic rings. The van der Waals surface area contributed by atoms with Gasteiger partial charge in [-0.3, -0.25) is 4.79 Å². The van der Waals surface area contributed by atoms with Gasteiger partial charge in [0.2, 0.25) is 0 Å². The summed E-state index contributed by atoms with van der Waals surface area (Å²) in [5, 5.41) is 12.2. The van der Waals surface area contributed by atoms with Crippen LogP contribution in [0.4, 0.5) is 22.2 Å². The van der Waals surface area contributed by atoms with Crippen LogP contribution in [0.1, 0.15) is 31.3 Å². The van der Waals surface area contributed by atoms with Gasteiger partial charge in [0.1, 0.15) is 11.6 Å². The van der Waals surface area contributed by atoms with E-state index >= 15 is 0 Å². The molecule has 1 unspecified atom stereocenters. The number of carboxylic acid groups (broad SMARTS) is 1. The summed E-state index contributed by atoms with van der Waals surface area (Å²) in [6, 6.07) is 4.92. The summed E-state index contributed by atoms with van der Waals surface area (Å²) in [5.41, 5.74) is 5.61. The van der Waals surface area contributed by atoms with Crippen molar-refractivity contribution in [1.29, 1.82) is 0 Å². The zero-order valence-electron chi connectivity index (χ0n) is 16.7. The molecule has 1 fully saturated rings. The maximum Gasteiger partial charge on any atom is 0.407 e. The minimum atomic E-state index is -0.941. The predicted octanol–water partition coefficient (Wildman–Crippen LogP) is 1.92. The van der Waals surface area contributed by atoms with E-state index in [4.69, 9.17) is 5.73 Å². The lowest BCUT2D eigenvalue weighted by molar-refractivity contribution is 0.0747. The molecule has 0 aromatic carbocycles. The van der Waals surface area contributed by atoms with Gasteiger partial charge < -0.3 is 26.0 Å². The fourth-order valence-corrected chi connectivity index (χ4v) is 3.28. The topological polar surface area (TPSA) is 138 Å². The van der Waals surface area contributed by atoms with Gasteiger partial charge in [-0.1, -0.05) is 26.8 Å². The summed E-state index contributed by atoms with van der Waals surface area (Å²) >= 11 is 0. The molecule has 2 aromatic rings. The lowest BCUT2D eigenvalue weighted by atomic mass is 9.84. The third-order valence-electron chi connectivity index (χ3n) is 4.86. The lowest BCUT2D eigenvalue weighted by Gasteiger charge is -2.46. The van der Waals surface area contributed by atoms with Crippen molar-refractivity contribution in [3.05, 3.63) is 36.3 Å². The molecule has 0 aliphatic carbocycles. The number of hydrogen-bond acceptors (Lipinski definition) is 7. The van der Waals surface area contributed by atoms with Gasteiger partial charge in [0.15, 0.2) is 11.5 Å². The van der Waals surface area contributed by atoms with Crippen LogP contribution in [0, 0.1) is 5.41 Å². The molecule has 3 rings (SSSR count). The highest BCUT2D eigenvalue weighted by molar-refractivity contribution is 6.05. The monoisotopic (exact) mass is 399 g/mol. The zero-order chi connectivity index (χ0) is 21.2. The molecule has 4 N–H and O–H groups in total. The molecule has 1 atom stereocenters. The van der Waals surface area contributed by atoms with E-state index < -0.39 is 12.0 Å². The van der Waals surface area contributed by atoms with Crippen LogP contribution in [-0.4, -0.2) is 62.6 Å². The number of rotatable bonds is 3. The van der Waals surface area contributed by atoms with Crippen molar-refractivity contribution in [3.63, 3.8) is 0 Å². The van der Waals surface area contributed by atoms with Crippen molar-refractivity contribution >= 4 is 29.5 Å². The third kappa shape index (κ3) is 4.53. The first kappa shape index (κ1) is 20.3. The first-order valence-electron chi connectivity index (χ1n) is 9.26. The number of hydrogen-bond donors (Lipinski definition) is 3. The van der Waals surface area contributed by atoms with Crippen LogP contribution < -0.4 is 16.0 Å². The van der Waals surface area contributed by atoms with E-state index in [0.29, 0.717) is 31.3 Å². The standard InChI is InChI=1S/C19H25N7O3/c1-19(2,3)12-11-25(8-9-26(12)18(28)29)14-10-22-16(20)15(24-14)17(27)23-13-6-4-5-7-21-13/h4-7,10,12H,8-9,11H2,1-3H3,(H2,20,22)(H,28,29)(H,21,23,27). The van der Waals surface area contributed by atoms with Gasteiger partial charge in [-0.15, -0.1) is 0 Å². The number of nitrogens with one attached hydrogen (secondary N) is 1. The second-order valence-corrected chi connectivity index (χ2v) is 7.93. The molecule has 0 radical (unpaired) electrons. The fourth-order valence-electron chi connectivity index (χ4n) is 3.28. The number of nitrogen functional groups attached to an aromatic ring is 1. The Hall–Kier alpha value is -3.43. The predicted molar refractivity (Wildman–Crippen MR) is 109 cm³/mol. The highest BCUT2D eigenvalue weighted by atomic mass is 16.4. The average Bonchev–Trinajstić information content (AvgIpc) is 2.68. The second kappa shape index (κ2) is 7.90. The van der Waals surface area contributed by atoms with Crippen LogP contribution in [0.5, 0.6) is 0 Å². The first-order chi connectivity index (χ1) is 13.7. The van der Waals surface area contributed by atoms with Crippen LogP contribution in [0.15, 0.2) is 30.6 Å². The lowest BCUT2D eigenvalue weighted by Crippen LogP contribution is -2.59. The van der Waals surface area contributed by atoms with Gasteiger partial charge in [0.25, 0.3) is 5.91 Å².